The molecule has 1 unspecified atom stereocenters. The van der Waals surface area contributed by atoms with Crippen LogP contribution in [0.25, 0.3) is 0 Å². The van der Waals surface area contributed by atoms with Crippen molar-refractivity contribution in [3.63, 3.8) is 0 Å². The third-order valence-electron chi connectivity index (χ3n) is 5.23. The fourth-order valence-corrected chi connectivity index (χ4v) is 3.51. The number of hydrogen-bond donors (Lipinski definition) is 2. The minimum atomic E-state index is -0.360. The van der Waals surface area contributed by atoms with E-state index in [0.29, 0.717) is 45.6 Å². The van der Waals surface area contributed by atoms with E-state index in [1.165, 1.54) is 12.8 Å². The lowest BCUT2D eigenvalue weighted by atomic mass is 10.1. The zero-order chi connectivity index (χ0) is 21.3. The maximum absolute atomic E-state index is 11.8. The molecule has 2 N–H and O–H groups in total. The van der Waals surface area contributed by atoms with Gasteiger partial charge in [0, 0.05) is 26.2 Å². The Morgan fingerprint density at radius 3 is 1.97 bits per heavy atom. The van der Waals surface area contributed by atoms with Crippen LogP contribution in [-0.2, 0) is 9.47 Å². The Balaban J connectivity index is 2.46. The quantitative estimate of drug-likeness (QED) is 0.425. The molecule has 0 bridgehead atoms. The molecule has 170 valence electrons. The van der Waals surface area contributed by atoms with Crippen LogP contribution in [0.3, 0.4) is 0 Å². The number of likely N-dealkylation sites (tertiary alicyclic amines) is 1. The normalized spacial score (nSPS) is 17.2. The molecule has 1 fully saturated rings. The molecule has 1 aliphatic heterocycles. The molecule has 1 saturated heterocycles. The summed E-state index contributed by atoms with van der Waals surface area (Å²) in [5, 5.41) is 5.54. The number of amides is 2. The number of rotatable bonds is 14. The van der Waals surface area contributed by atoms with Crippen LogP contribution in [0.1, 0.15) is 65.7 Å². The lowest BCUT2D eigenvalue weighted by Crippen LogP contribution is -2.53. The first-order valence-corrected chi connectivity index (χ1v) is 11.4. The molecular formula is C21H42N4O4. The van der Waals surface area contributed by atoms with Gasteiger partial charge in [0.05, 0.1) is 6.17 Å². The smallest absolute Gasteiger partial charge is 0.407 e. The van der Waals surface area contributed by atoms with Gasteiger partial charge in [-0.2, -0.15) is 0 Å². The Hall–Kier alpha value is -1.54. The molecule has 0 saturated carbocycles. The van der Waals surface area contributed by atoms with Crippen molar-refractivity contribution in [2.45, 2.75) is 71.9 Å². The average Bonchev–Trinajstić information content (AvgIpc) is 2.73. The highest BCUT2D eigenvalue weighted by Crippen LogP contribution is 2.19. The van der Waals surface area contributed by atoms with E-state index in [-0.39, 0.29) is 12.2 Å². The maximum Gasteiger partial charge on any atom is 0.407 e. The molecule has 1 aliphatic rings. The van der Waals surface area contributed by atoms with E-state index < -0.39 is 0 Å². The van der Waals surface area contributed by atoms with Gasteiger partial charge in [-0.1, -0.05) is 33.6 Å². The fourth-order valence-electron chi connectivity index (χ4n) is 3.51. The van der Waals surface area contributed by atoms with Crippen LogP contribution in [0.5, 0.6) is 0 Å². The number of hydrogen-bond acceptors (Lipinski definition) is 6. The molecule has 8 heteroatoms. The Bertz CT molecular complexity index is 422. The number of carbonyl (C=O) groups excluding carboxylic acids is 2. The van der Waals surface area contributed by atoms with Crippen molar-refractivity contribution in [3.05, 3.63) is 0 Å². The van der Waals surface area contributed by atoms with Gasteiger partial charge in [0.15, 0.2) is 0 Å². The summed E-state index contributed by atoms with van der Waals surface area (Å²) >= 11 is 0. The van der Waals surface area contributed by atoms with E-state index in [4.69, 9.17) is 9.47 Å². The number of alkyl carbamates (subject to hydrolysis) is 2. The van der Waals surface area contributed by atoms with E-state index in [9.17, 15) is 9.59 Å². The first kappa shape index (κ1) is 25.5. The van der Waals surface area contributed by atoms with Crippen LogP contribution in [0.2, 0.25) is 0 Å². The minimum absolute atomic E-state index is 0.298. The van der Waals surface area contributed by atoms with Crippen molar-refractivity contribution < 1.29 is 19.1 Å². The summed E-state index contributed by atoms with van der Waals surface area (Å²) in [6.07, 6.45) is 7.04. The van der Waals surface area contributed by atoms with Crippen LogP contribution in [-0.4, -0.2) is 80.6 Å². The van der Waals surface area contributed by atoms with Crippen LogP contribution < -0.4 is 10.6 Å². The molecule has 1 heterocycles. The molecule has 0 aliphatic carbocycles. The van der Waals surface area contributed by atoms with Crippen molar-refractivity contribution in [2.24, 2.45) is 0 Å². The third kappa shape index (κ3) is 11.3. The first-order chi connectivity index (χ1) is 14.1. The summed E-state index contributed by atoms with van der Waals surface area (Å²) in [7, 11) is 0. The van der Waals surface area contributed by atoms with Gasteiger partial charge < -0.3 is 20.1 Å². The van der Waals surface area contributed by atoms with E-state index >= 15 is 0 Å². The largest absolute Gasteiger partial charge is 0.448 e. The molecule has 8 nitrogen and oxygen atoms in total. The van der Waals surface area contributed by atoms with E-state index in [1.807, 2.05) is 0 Å². The summed E-state index contributed by atoms with van der Waals surface area (Å²) in [5.41, 5.74) is 0. The lowest BCUT2D eigenvalue weighted by molar-refractivity contribution is -0.00406. The van der Waals surface area contributed by atoms with Crippen molar-refractivity contribution in [1.82, 2.24) is 20.4 Å². The van der Waals surface area contributed by atoms with Crippen molar-refractivity contribution >= 4 is 12.2 Å². The second-order valence-corrected chi connectivity index (χ2v) is 7.47. The second-order valence-electron chi connectivity index (χ2n) is 7.47. The van der Waals surface area contributed by atoms with Crippen LogP contribution >= 0.6 is 0 Å². The summed E-state index contributed by atoms with van der Waals surface area (Å²) < 4.78 is 10.7. The number of nitrogens with one attached hydrogen (secondary N) is 2. The molecule has 0 aromatic rings. The zero-order valence-corrected chi connectivity index (χ0v) is 18.7. The number of carbonyl (C=O) groups is 2. The zero-order valence-electron chi connectivity index (χ0n) is 18.7. The van der Waals surface area contributed by atoms with Gasteiger partial charge in [-0.15, -0.1) is 0 Å². The van der Waals surface area contributed by atoms with Gasteiger partial charge in [-0.05, 0) is 45.2 Å². The topological polar surface area (TPSA) is 83.1 Å². The molecule has 0 aromatic carbocycles. The van der Waals surface area contributed by atoms with Crippen molar-refractivity contribution in [3.8, 4) is 0 Å². The molecular weight excluding hydrogens is 372 g/mol. The third-order valence-corrected chi connectivity index (χ3v) is 5.23. The van der Waals surface area contributed by atoms with Crippen molar-refractivity contribution in [1.29, 1.82) is 0 Å². The number of ether oxygens (including phenoxy) is 2. The predicted octanol–water partition coefficient (Wildman–Crippen LogP) is 3.17. The SMILES string of the molecule is CCCCNC(=O)OCCN(CCOC(=O)NCCCC)C1CCCCN1CC. The monoisotopic (exact) mass is 414 g/mol. The summed E-state index contributed by atoms with van der Waals surface area (Å²) in [6, 6.07) is 0. The summed E-state index contributed by atoms with van der Waals surface area (Å²) in [6.45, 7) is 11.6. The van der Waals surface area contributed by atoms with Gasteiger partial charge in [-0.3, -0.25) is 9.80 Å². The van der Waals surface area contributed by atoms with Gasteiger partial charge >= 0.3 is 12.2 Å². The van der Waals surface area contributed by atoms with Gasteiger partial charge in [0.1, 0.15) is 13.2 Å². The van der Waals surface area contributed by atoms with Crippen LogP contribution in [0.15, 0.2) is 0 Å². The minimum Gasteiger partial charge on any atom is -0.448 e. The average molecular weight is 415 g/mol. The Kier molecular flexibility index (Phi) is 14.3. The molecule has 0 radical (unpaired) electrons. The maximum atomic E-state index is 11.8. The Labute approximate surface area is 176 Å². The number of unbranched alkanes of at least 4 members (excludes halogenated alkanes) is 2. The predicted molar refractivity (Wildman–Crippen MR) is 115 cm³/mol. The number of piperidine rings is 1. The van der Waals surface area contributed by atoms with Gasteiger partial charge in [0.25, 0.3) is 0 Å². The molecule has 1 rings (SSSR count). The van der Waals surface area contributed by atoms with Gasteiger partial charge in [0.2, 0.25) is 0 Å². The molecule has 29 heavy (non-hydrogen) atoms. The Morgan fingerprint density at radius 2 is 1.48 bits per heavy atom. The molecule has 2 amide bonds. The standard InChI is InChI=1S/C21H42N4O4/c1-4-7-12-22-20(26)28-17-15-25(19-11-9-10-14-24(19)6-3)16-18-29-21(27)23-13-8-5-2/h19H,4-18H2,1-3H3,(H,22,26)(H,23,27). The molecule has 0 spiro atoms. The van der Waals surface area contributed by atoms with Crippen LogP contribution in [0.4, 0.5) is 9.59 Å². The highest BCUT2D eigenvalue weighted by atomic mass is 16.6. The molecule has 0 aromatic heterocycles. The highest BCUT2D eigenvalue weighted by Gasteiger charge is 2.27. The Morgan fingerprint density at radius 1 is 0.931 bits per heavy atom. The summed E-state index contributed by atoms with van der Waals surface area (Å²) in [4.78, 5) is 28.3. The van der Waals surface area contributed by atoms with E-state index in [2.05, 4.69) is 41.2 Å². The highest BCUT2D eigenvalue weighted by molar-refractivity contribution is 5.67. The fraction of sp³-hybridized carbons (Fsp3) is 0.905. The van der Waals surface area contributed by atoms with E-state index in [1.54, 1.807) is 0 Å². The second kappa shape index (κ2) is 16.3. The number of nitrogens with zero attached hydrogens (tertiary/aromatic N) is 2. The lowest BCUT2D eigenvalue weighted by Gasteiger charge is -2.42. The van der Waals surface area contributed by atoms with Crippen molar-refractivity contribution in [2.75, 3.05) is 52.5 Å². The summed E-state index contributed by atoms with van der Waals surface area (Å²) in [5.74, 6) is 0. The first-order valence-electron chi connectivity index (χ1n) is 11.4. The van der Waals surface area contributed by atoms with Crippen LogP contribution in [0, 0.1) is 0 Å². The van der Waals surface area contributed by atoms with E-state index in [0.717, 1.165) is 45.2 Å². The molecule has 1 atom stereocenters. The van der Waals surface area contributed by atoms with Gasteiger partial charge in [-0.25, -0.2) is 9.59 Å².